The van der Waals surface area contributed by atoms with Crippen LogP contribution in [0.2, 0.25) is 0 Å². The van der Waals surface area contributed by atoms with Crippen LogP contribution in [0.1, 0.15) is 64.2 Å². The van der Waals surface area contributed by atoms with Gasteiger partial charge < -0.3 is 4.90 Å². The molecular formula is C18H21N3O2S. The monoisotopic (exact) mass is 343 g/mol. The molecular weight excluding hydrogens is 322 g/mol. The number of carbonyl (C=O) groups is 2. The number of aromatic nitrogens is 2. The fraction of sp³-hybridized carbons (Fsp3) is 0.444. The number of amides is 1. The van der Waals surface area contributed by atoms with E-state index < -0.39 is 0 Å². The molecule has 1 aliphatic rings. The zero-order chi connectivity index (χ0) is 17.1. The maximum atomic E-state index is 12.7. The van der Waals surface area contributed by atoms with E-state index in [0.717, 1.165) is 17.8 Å². The zero-order valence-corrected chi connectivity index (χ0v) is 14.8. The second kappa shape index (κ2) is 7.21. The van der Waals surface area contributed by atoms with Gasteiger partial charge in [0.25, 0.3) is 5.91 Å². The van der Waals surface area contributed by atoms with Crippen molar-refractivity contribution in [2.24, 2.45) is 0 Å². The van der Waals surface area contributed by atoms with Gasteiger partial charge in [0.1, 0.15) is 5.01 Å². The fourth-order valence-electron chi connectivity index (χ4n) is 2.95. The molecule has 6 heteroatoms. The zero-order valence-electron chi connectivity index (χ0n) is 13.9. The van der Waals surface area contributed by atoms with Crippen LogP contribution in [-0.2, 0) is 0 Å². The van der Waals surface area contributed by atoms with Crippen molar-refractivity contribution in [1.82, 2.24) is 15.1 Å². The predicted octanol–water partition coefficient (Wildman–Crippen LogP) is 3.54. The number of hydrogen-bond donors (Lipinski definition) is 0. The average Bonchev–Trinajstić information content (AvgIpc) is 3.24. The summed E-state index contributed by atoms with van der Waals surface area (Å²) in [5, 5.41) is 9.44. The second-order valence-corrected chi connectivity index (χ2v) is 7.40. The molecule has 3 rings (SSSR count). The van der Waals surface area contributed by atoms with Gasteiger partial charge in [-0.05, 0) is 12.8 Å². The Bertz CT molecular complexity index is 727. The van der Waals surface area contributed by atoms with Gasteiger partial charge in [-0.1, -0.05) is 55.5 Å². The summed E-state index contributed by atoms with van der Waals surface area (Å²) in [7, 11) is 0. The van der Waals surface area contributed by atoms with Crippen LogP contribution >= 0.6 is 11.3 Å². The van der Waals surface area contributed by atoms with Gasteiger partial charge in [0, 0.05) is 30.5 Å². The minimum absolute atomic E-state index is 0.0448. The molecule has 0 radical (unpaired) electrons. The van der Waals surface area contributed by atoms with Gasteiger partial charge in [0.05, 0.1) is 0 Å². The number of ketones is 1. The molecule has 1 amide bonds. The van der Waals surface area contributed by atoms with Crippen LogP contribution in [0.15, 0.2) is 30.3 Å². The van der Waals surface area contributed by atoms with Crippen molar-refractivity contribution < 1.29 is 9.59 Å². The summed E-state index contributed by atoms with van der Waals surface area (Å²) >= 11 is 1.35. The SMILES string of the molecule is CC(C)c1nnc(C(=O)N2CCC[C@@H]2CC(=O)c2ccccc2)s1. The van der Waals surface area contributed by atoms with Crippen LogP contribution in [0.3, 0.4) is 0 Å². The van der Waals surface area contributed by atoms with E-state index in [4.69, 9.17) is 0 Å². The molecule has 126 valence electrons. The van der Waals surface area contributed by atoms with E-state index >= 15 is 0 Å². The summed E-state index contributed by atoms with van der Waals surface area (Å²) < 4.78 is 0. The maximum absolute atomic E-state index is 12.7. The topological polar surface area (TPSA) is 63.2 Å². The first-order chi connectivity index (χ1) is 11.6. The molecule has 24 heavy (non-hydrogen) atoms. The highest BCUT2D eigenvalue weighted by Gasteiger charge is 2.33. The second-order valence-electron chi connectivity index (χ2n) is 6.39. The van der Waals surface area contributed by atoms with Crippen molar-refractivity contribution in [1.29, 1.82) is 0 Å². The molecule has 0 bridgehead atoms. The van der Waals surface area contributed by atoms with Gasteiger partial charge in [-0.15, -0.1) is 10.2 Å². The Hall–Kier alpha value is -2.08. The standard InChI is InChI=1S/C18H21N3O2S/c1-12(2)16-19-20-17(24-16)18(23)21-10-6-9-14(21)11-15(22)13-7-4-3-5-8-13/h3-5,7-8,12,14H,6,9-11H2,1-2H3/t14-/m1/s1. The lowest BCUT2D eigenvalue weighted by Crippen LogP contribution is -2.36. The van der Waals surface area contributed by atoms with Crippen LogP contribution in [0.25, 0.3) is 0 Å². The highest BCUT2D eigenvalue weighted by molar-refractivity contribution is 7.13. The molecule has 1 aliphatic heterocycles. The Morgan fingerprint density at radius 1 is 1.25 bits per heavy atom. The van der Waals surface area contributed by atoms with Gasteiger partial charge in [0.15, 0.2) is 5.78 Å². The Morgan fingerprint density at radius 2 is 2.00 bits per heavy atom. The van der Waals surface area contributed by atoms with Crippen LogP contribution < -0.4 is 0 Å². The lowest BCUT2D eigenvalue weighted by atomic mass is 10.0. The molecule has 1 aromatic heterocycles. The molecule has 1 saturated heterocycles. The Morgan fingerprint density at radius 3 is 2.67 bits per heavy atom. The van der Waals surface area contributed by atoms with Crippen molar-refractivity contribution in [2.75, 3.05) is 6.54 Å². The molecule has 0 unspecified atom stereocenters. The molecule has 5 nitrogen and oxygen atoms in total. The fourth-order valence-corrected chi connectivity index (χ4v) is 3.75. The maximum Gasteiger partial charge on any atom is 0.285 e. The van der Waals surface area contributed by atoms with Crippen molar-refractivity contribution in [2.45, 2.75) is 45.1 Å². The number of Topliss-reactive ketones (excluding diaryl/α,β-unsaturated/α-hetero) is 1. The van der Waals surface area contributed by atoms with Crippen molar-refractivity contribution >= 4 is 23.0 Å². The summed E-state index contributed by atoms with van der Waals surface area (Å²) in [5.41, 5.74) is 0.704. The number of hydrogen-bond acceptors (Lipinski definition) is 5. The molecule has 0 N–H and O–H groups in total. The van der Waals surface area contributed by atoms with Gasteiger partial charge in [-0.2, -0.15) is 0 Å². The molecule has 0 aliphatic carbocycles. The number of benzene rings is 1. The Kier molecular flexibility index (Phi) is 5.04. The van der Waals surface area contributed by atoms with Gasteiger partial charge >= 0.3 is 0 Å². The summed E-state index contributed by atoms with van der Waals surface area (Å²) in [6, 6.07) is 9.21. The highest BCUT2D eigenvalue weighted by atomic mass is 32.1. The first-order valence-corrected chi connectivity index (χ1v) is 9.10. The largest absolute Gasteiger partial charge is 0.333 e. The van der Waals surface area contributed by atoms with Crippen molar-refractivity contribution in [3.8, 4) is 0 Å². The predicted molar refractivity (Wildman–Crippen MR) is 93.4 cm³/mol. The van der Waals surface area contributed by atoms with Crippen LogP contribution in [0.4, 0.5) is 0 Å². The van der Waals surface area contributed by atoms with Gasteiger partial charge in [0.2, 0.25) is 5.01 Å². The van der Waals surface area contributed by atoms with Crippen molar-refractivity contribution in [3.63, 3.8) is 0 Å². The lowest BCUT2D eigenvalue weighted by Gasteiger charge is -2.23. The Labute approximate surface area is 145 Å². The number of carbonyl (C=O) groups excluding carboxylic acids is 2. The van der Waals surface area contributed by atoms with Gasteiger partial charge in [-0.25, -0.2) is 0 Å². The molecule has 2 heterocycles. The van der Waals surface area contributed by atoms with E-state index in [1.165, 1.54) is 11.3 Å². The molecule has 2 aromatic rings. The van der Waals surface area contributed by atoms with E-state index in [1.54, 1.807) is 4.90 Å². The quantitative estimate of drug-likeness (QED) is 0.779. The molecule has 0 saturated carbocycles. The number of likely N-dealkylation sites (tertiary alicyclic amines) is 1. The average molecular weight is 343 g/mol. The molecule has 1 aromatic carbocycles. The minimum atomic E-state index is -0.0947. The third kappa shape index (κ3) is 3.53. The summed E-state index contributed by atoms with van der Waals surface area (Å²) in [6.07, 6.45) is 2.15. The number of rotatable bonds is 5. The normalized spacial score (nSPS) is 17.5. The van der Waals surface area contributed by atoms with E-state index in [0.29, 0.717) is 23.5 Å². The Balaban J connectivity index is 1.70. The minimum Gasteiger partial charge on any atom is -0.333 e. The van der Waals surface area contributed by atoms with E-state index in [2.05, 4.69) is 10.2 Å². The number of nitrogens with zero attached hydrogens (tertiary/aromatic N) is 3. The van der Waals surface area contributed by atoms with E-state index in [1.807, 2.05) is 44.2 Å². The van der Waals surface area contributed by atoms with Crippen LogP contribution in [0.5, 0.6) is 0 Å². The third-order valence-electron chi connectivity index (χ3n) is 4.27. The van der Waals surface area contributed by atoms with E-state index in [9.17, 15) is 9.59 Å². The first kappa shape index (κ1) is 16.8. The first-order valence-electron chi connectivity index (χ1n) is 8.29. The third-order valence-corrected chi connectivity index (χ3v) is 5.48. The van der Waals surface area contributed by atoms with Crippen LogP contribution in [0, 0.1) is 0 Å². The molecule has 0 spiro atoms. The van der Waals surface area contributed by atoms with Crippen molar-refractivity contribution in [3.05, 3.63) is 45.9 Å². The lowest BCUT2D eigenvalue weighted by molar-refractivity contribution is 0.0716. The van der Waals surface area contributed by atoms with E-state index in [-0.39, 0.29) is 23.7 Å². The summed E-state index contributed by atoms with van der Waals surface area (Å²) in [4.78, 5) is 27.0. The van der Waals surface area contributed by atoms with Crippen LogP contribution in [-0.4, -0.2) is 39.4 Å². The smallest absolute Gasteiger partial charge is 0.285 e. The molecule has 1 fully saturated rings. The molecule has 1 atom stereocenters. The summed E-state index contributed by atoms with van der Waals surface area (Å²) in [5.74, 6) is 0.251. The van der Waals surface area contributed by atoms with Gasteiger partial charge in [-0.3, -0.25) is 9.59 Å². The highest BCUT2D eigenvalue weighted by Crippen LogP contribution is 2.26. The summed E-state index contributed by atoms with van der Waals surface area (Å²) in [6.45, 7) is 4.75.